The van der Waals surface area contributed by atoms with Gasteiger partial charge in [0.15, 0.2) is 0 Å². The van der Waals surface area contributed by atoms with Gasteiger partial charge in [-0.15, -0.1) is 0 Å². The molecule has 1 atom stereocenters. The van der Waals surface area contributed by atoms with E-state index in [2.05, 4.69) is 12.2 Å². The third kappa shape index (κ3) is 5.79. The van der Waals surface area contributed by atoms with E-state index in [1.54, 1.807) is 0 Å². The van der Waals surface area contributed by atoms with Gasteiger partial charge >= 0.3 is 6.09 Å². The van der Waals surface area contributed by atoms with Crippen LogP contribution >= 0.6 is 0 Å². The van der Waals surface area contributed by atoms with Crippen LogP contribution in [0.4, 0.5) is 4.79 Å². The maximum Gasteiger partial charge on any atom is 0.410 e. The molecule has 2 aliphatic rings. The molecule has 4 nitrogen and oxygen atoms in total. The number of ether oxygens (including phenoxy) is 1. The van der Waals surface area contributed by atoms with Crippen molar-refractivity contribution in [1.29, 1.82) is 0 Å². The summed E-state index contributed by atoms with van der Waals surface area (Å²) in [4.78, 5) is 14.1. The van der Waals surface area contributed by atoms with Crippen molar-refractivity contribution >= 4 is 6.09 Å². The van der Waals surface area contributed by atoms with Gasteiger partial charge in [0.05, 0.1) is 0 Å². The van der Waals surface area contributed by atoms with Crippen molar-refractivity contribution in [1.82, 2.24) is 10.2 Å². The van der Waals surface area contributed by atoms with Gasteiger partial charge in [0, 0.05) is 25.2 Å². The maximum absolute atomic E-state index is 12.2. The average Bonchev–Trinajstić information content (AvgIpc) is 2.65. The first kappa shape index (κ1) is 17.6. The number of carbonyl (C=O) groups is 1. The number of hydrogen-bond donors (Lipinski definition) is 1. The Balaban J connectivity index is 1.76. The summed E-state index contributed by atoms with van der Waals surface area (Å²) in [6.45, 7) is 9.79. The summed E-state index contributed by atoms with van der Waals surface area (Å²) < 4.78 is 5.50. The normalized spacial score (nSPS) is 30.7. The summed E-state index contributed by atoms with van der Waals surface area (Å²) in [7, 11) is 0. The van der Waals surface area contributed by atoms with E-state index in [1.165, 1.54) is 32.1 Å². The van der Waals surface area contributed by atoms with Crippen molar-refractivity contribution in [2.45, 2.75) is 90.3 Å². The fourth-order valence-electron chi connectivity index (χ4n) is 3.53. The highest BCUT2D eigenvalue weighted by Crippen LogP contribution is 2.25. The smallest absolute Gasteiger partial charge is 0.410 e. The molecule has 1 saturated heterocycles. The lowest BCUT2D eigenvalue weighted by molar-refractivity contribution is 0.0256. The molecule has 4 heteroatoms. The third-order valence-corrected chi connectivity index (χ3v) is 4.87. The molecule has 0 bridgehead atoms. The molecule has 2 rings (SSSR count). The third-order valence-electron chi connectivity index (χ3n) is 4.87. The van der Waals surface area contributed by atoms with Gasteiger partial charge < -0.3 is 15.0 Å². The molecule has 1 aliphatic heterocycles. The Labute approximate surface area is 136 Å². The van der Waals surface area contributed by atoms with Crippen LogP contribution in [0.5, 0.6) is 0 Å². The van der Waals surface area contributed by atoms with Gasteiger partial charge in [-0.2, -0.15) is 0 Å². The molecule has 1 unspecified atom stereocenters. The van der Waals surface area contributed by atoms with E-state index < -0.39 is 5.60 Å². The Morgan fingerprint density at radius 2 is 1.64 bits per heavy atom. The number of carbonyl (C=O) groups excluding carboxylic acids is 1. The van der Waals surface area contributed by atoms with Crippen LogP contribution in [0.2, 0.25) is 0 Å². The summed E-state index contributed by atoms with van der Waals surface area (Å²) >= 11 is 0. The molecule has 2 fully saturated rings. The first-order valence-electron chi connectivity index (χ1n) is 9.07. The number of likely N-dealkylation sites (tertiary alicyclic amines) is 1. The van der Waals surface area contributed by atoms with Gasteiger partial charge in [0.1, 0.15) is 5.60 Å². The predicted octanol–water partition coefficient (Wildman–Crippen LogP) is 3.94. The molecule has 0 aromatic rings. The van der Waals surface area contributed by atoms with Crippen LogP contribution in [0.3, 0.4) is 0 Å². The molecule has 1 N–H and O–H groups in total. The standard InChI is InChI=1S/C18H34N2O2/c1-14-7-9-16(10-8-14)19-15-6-5-12-20(13-11-15)17(21)22-18(2,3)4/h14-16,19H,5-13H2,1-4H3. The van der Waals surface area contributed by atoms with Crippen LogP contribution in [-0.2, 0) is 4.74 Å². The molecule has 1 amide bonds. The van der Waals surface area contributed by atoms with E-state index >= 15 is 0 Å². The highest BCUT2D eigenvalue weighted by atomic mass is 16.6. The minimum atomic E-state index is -0.403. The summed E-state index contributed by atoms with van der Waals surface area (Å²) in [5, 5.41) is 3.85. The molecule has 0 spiro atoms. The fraction of sp³-hybridized carbons (Fsp3) is 0.944. The van der Waals surface area contributed by atoms with E-state index in [9.17, 15) is 4.79 Å². The maximum atomic E-state index is 12.2. The summed E-state index contributed by atoms with van der Waals surface area (Å²) in [5.74, 6) is 0.898. The van der Waals surface area contributed by atoms with Crippen LogP contribution in [0.15, 0.2) is 0 Å². The highest BCUT2D eigenvalue weighted by Gasteiger charge is 2.27. The lowest BCUT2D eigenvalue weighted by atomic mass is 9.87. The van der Waals surface area contributed by atoms with E-state index in [0.717, 1.165) is 31.8 Å². The van der Waals surface area contributed by atoms with Gasteiger partial charge in [-0.3, -0.25) is 0 Å². The summed E-state index contributed by atoms with van der Waals surface area (Å²) in [6, 6.07) is 1.25. The monoisotopic (exact) mass is 310 g/mol. The van der Waals surface area contributed by atoms with Gasteiger partial charge in [-0.25, -0.2) is 4.79 Å². The average molecular weight is 310 g/mol. The molecular formula is C18H34N2O2. The number of amides is 1. The van der Waals surface area contributed by atoms with Gasteiger partial charge in [-0.05, 0) is 71.6 Å². The van der Waals surface area contributed by atoms with Crippen molar-refractivity contribution in [3.8, 4) is 0 Å². The molecule has 0 aromatic carbocycles. The van der Waals surface area contributed by atoms with Crippen molar-refractivity contribution in [2.75, 3.05) is 13.1 Å². The largest absolute Gasteiger partial charge is 0.444 e. The zero-order valence-corrected chi connectivity index (χ0v) is 14.9. The highest BCUT2D eigenvalue weighted by molar-refractivity contribution is 5.68. The molecule has 1 aliphatic carbocycles. The lowest BCUT2D eigenvalue weighted by Gasteiger charge is -2.30. The number of hydrogen-bond acceptors (Lipinski definition) is 3. The van der Waals surface area contributed by atoms with Crippen molar-refractivity contribution in [2.24, 2.45) is 5.92 Å². The zero-order valence-electron chi connectivity index (χ0n) is 14.9. The fourth-order valence-corrected chi connectivity index (χ4v) is 3.53. The SMILES string of the molecule is CC1CCC(NC2CCCN(C(=O)OC(C)(C)C)CC2)CC1. The van der Waals surface area contributed by atoms with Crippen molar-refractivity contribution in [3.05, 3.63) is 0 Å². The first-order valence-corrected chi connectivity index (χ1v) is 9.07. The minimum absolute atomic E-state index is 0.153. The van der Waals surface area contributed by atoms with Crippen LogP contribution in [-0.4, -0.2) is 41.8 Å². The molecule has 1 heterocycles. The summed E-state index contributed by atoms with van der Waals surface area (Å²) in [6.07, 6.45) is 8.47. The zero-order chi connectivity index (χ0) is 16.2. The second kappa shape index (κ2) is 7.67. The number of nitrogens with one attached hydrogen (secondary N) is 1. The predicted molar refractivity (Wildman–Crippen MR) is 90.0 cm³/mol. The van der Waals surface area contributed by atoms with Gasteiger partial charge in [0.25, 0.3) is 0 Å². The van der Waals surface area contributed by atoms with Gasteiger partial charge in [0.2, 0.25) is 0 Å². The van der Waals surface area contributed by atoms with E-state index in [0.29, 0.717) is 12.1 Å². The molecule has 0 aromatic heterocycles. The molecule has 1 saturated carbocycles. The van der Waals surface area contributed by atoms with Crippen LogP contribution in [0.1, 0.15) is 72.6 Å². The Morgan fingerprint density at radius 1 is 1.00 bits per heavy atom. The Bertz CT molecular complexity index is 357. The van der Waals surface area contributed by atoms with E-state index in [4.69, 9.17) is 4.74 Å². The Kier molecular flexibility index (Phi) is 6.13. The molecule has 22 heavy (non-hydrogen) atoms. The second-order valence-corrected chi connectivity index (χ2v) is 8.22. The quantitative estimate of drug-likeness (QED) is 0.840. The van der Waals surface area contributed by atoms with Gasteiger partial charge in [-0.1, -0.05) is 6.92 Å². The number of nitrogens with zero attached hydrogens (tertiary/aromatic N) is 1. The minimum Gasteiger partial charge on any atom is -0.444 e. The molecular weight excluding hydrogens is 276 g/mol. The Morgan fingerprint density at radius 3 is 2.27 bits per heavy atom. The van der Waals surface area contributed by atoms with Crippen LogP contribution in [0.25, 0.3) is 0 Å². The van der Waals surface area contributed by atoms with E-state index in [1.807, 2.05) is 25.7 Å². The van der Waals surface area contributed by atoms with E-state index in [-0.39, 0.29) is 6.09 Å². The lowest BCUT2D eigenvalue weighted by Crippen LogP contribution is -2.41. The topological polar surface area (TPSA) is 41.6 Å². The Hall–Kier alpha value is -0.770. The molecule has 128 valence electrons. The second-order valence-electron chi connectivity index (χ2n) is 8.22. The van der Waals surface area contributed by atoms with Crippen molar-refractivity contribution in [3.63, 3.8) is 0 Å². The van der Waals surface area contributed by atoms with Crippen LogP contribution < -0.4 is 5.32 Å². The van der Waals surface area contributed by atoms with Crippen molar-refractivity contribution < 1.29 is 9.53 Å². The molecule has 0 radical (unpaired) electrons. The van der Waals surface area contributed by atoms with Crippen LogP contribution in [0, 0.1) is 5.92 Å². The number of rotatable bonds is 2. The first-order chi connectivity index (χ1) is 10.3. The summed E-state index contributed by atoms with van der Waals surface area (Å²) in [5.41, 5.74) is -0.403.